The highest BCUT2D eigenvalue weighted by Crippen LogP contribution is 2.20. The van der Waals surface area contributed by atoms with E-state index in [-0.39, 0.29) is 5.69 Å². The fraction of sp³-hybridized carbons (Fsp3) is 0.429. The van der Waals surface area contributed by atoms with Crippen LogP contribution in [0.1, 0.15) is 36.5 Å². The first kappa shape index (κ1) is 16.9. The molecule has 0 radical (unpaired) electrons. The number of rotatable bonds is 6. The van der Waals surface area contributed by atoms with E-state index in [9.17, 15) is 18.4 Å². The SMILES string of the molecule is CCCCCN(C)C(=O)Nc1cc(C(=O)O)c(F)cc1F. The predicted molar refractivity (Wildman–Crippen MR) is 74.5 cm³/mol. The van der Waals surface area contributed by atoms with Crippen molar-refractivity contribution in [3.05, 3.63) is 29.3 Å². The Morgan fingerprint density at radius 2 is 1.90 bits per heavy atom. The number of anilines is 1. The van der Waals surface area contributed by atoms with Crippen molar-refractivity contribution >= 4 is 17.7 Å². The molecule has 0 saturated carbocycles. The van der Waals surface area contributed by atoms with Crippen LogP contribution in [-0.4, -0.2) is 35.6 Å². The van der Waals surface area contributed by atoms with Gasteiger partial charge in [0.15, 0.2) is 0 Å². The highest BCUT2D eigenvalue weighted by Gasteiger charge is 2.17. The van der Waals surface area contributed by atoms with Crippen molar-refractivity contribution in [2.45, 2.75) is 26.2 Å². The summed E-state index contributed by atoms with van der Waals surface area (Å²) in [6.07, 6.45) is 2.78. The zero-order valence-electron chi connectivity index (χ0n) is 11.9. The first-order valence-corrected chi connectivity index (χ1v) is 6.61. The normalized spacial score (nSPS) is 10.3. The number of carbonyl (C=O) groups is 2. The Morgan fingerprint density at radius 1 is 1.24 bits per heavy atom. The Bertz CT molecular complexity index is 535. The van der Waals surface area contributed by atoms with Crippen molar-refractivity contribution < 1.29 is 23.5 Å². The largest absolute Gasteiger partial charge is 0.478 e. The molecule has 0 aromatic heterocycles. The second-order valence-electron chi connectivity index (χ2n) is 4.68. The van der Waals surface area contributed by atoms with Crippen LogP contribution in [-0.2, 0) is 0 Å². The average Bonchev–Trinajstić information content (AvgIpc) is 2.41. The van der Waals surface area contributed by atoms with E-state index in [2.05, 4.69) is 5.32 Å². The maximum atomic E-state index is 13.6. The van der Waals surface area contributed by atoms with Gasteiger partial charge in [0, 0.05) is 19.7 Å². The Labute approximate surface area is 121 Å². The highest BCUT2D eigenvalue weighted by atomic mass is 19.1. The molecular formula is C14H18F2N2O3. The first-order chi connectivity index (χ1) is 9.86. The second kappa shape index (κ2) is 7.56. The quantitative estimate of drug-likeness (QED) is 0.792. The molecule has 0 bridgehead atoms. The van der Waals surface area contributed by atoms with Crippen molar-refractivity contribution in [1.29, 1.82) is 0 Å². The number of hydrogen-bond donors (Lipinski definition) is 2. The number of nitrogens with zero attached hydrogens (tertiary/aromatic N) is 1. The van der Waals surface area contributed by atoms with Crippen LogP contribution in [0, 0.1) is 11.6 Å². The first-order valence-electron chi connectivity index (χ1n) is 6.61. The van der Waals surface area contributed by atoms with Gasteiger partial charge in [0.2, 0.25) is 0 Å². The molecule has 5 nitrogen and oxygen atoms in total. The fourth-order valence-electron chi connectivity index (χ4n) is 1.72. The summed E-state index contributed by atoms with van der Waals surface area (Å²) in [4.78, 5) is 24.0. The predicted octanol–water partition coefficient (Wildman–Crippen LogP) is 3.32. The number of halogens is 2. The summed E-state index contributed by atoms with van der Waals surface area (Å²) in [5, 5.41) is 11.0. The van der Waals surface area contributed by atoms with Crippen LogP contribution < -0.4 is 5.32 Å². The topological polar surface area (TPSA) is 69.6 Å². The molecule has 0 atom stereocenters. The van der Waals surface area contributed by atoms with Gasteiger partial charge in [0.1, 0.15) is 11.6 Å². The van der Waals surface area contributed by atoms with Gasteiger partial charge in [-0.2, -0.15) is 0 Å². The molecule has 0 heterocycles. The van der Waals surface area contributed by atoms with Gasteiger partial charge in [-0.25, -0.2) is 18.4 Å². The lowest BCUT2D eigenvalue weighted by Gasteiger charge is -2.18. The minimum absolute atomic E-state index is 0.360. The van der Waals surface area contributed by atoms with Gasteiger partial charge in [-0.1, -0.05) is 19.8 Å². The van der Waals surface area contributed by atoms with E-state index in [0.717, 1.165) is 25.3 Å². The van der Waals surface area contributed by atoms with Gasteiger partial charge in [-0.05, 0) is 12.5 Å². The summed E-state index contributed by atoms with van der Waals surface area (Å²) in [5.74, 6) is -3.73. The highest BCUT2D eigenvalue weighted by molar-refractivity contribution is 5.93. The molecular weight excluding hydrogens is 282 g/mol. The van der Waals surface area contributed by atoms with Gasteiger partial charge in [0.25, 0.3) is 0 Å². The van der Waals surface area contributed by atoms with Crippen molar-refractivity contribution in [2.75, 3.05) is 18.9 Å². The van der Waals surface area contributed by atoms with Gasteiger partial charge >= 0.3 is 12.0 Å². The van der Waals surface area contributed by atoms with E-state index in [4.69, 9.17) is 5.11 Å². The van der Waals surface area contributed by atoms with E-state index in [1.54, 1.807) is 7.05 Å². The lowest BCUT2D eigenvalue weighted by molar-refractivity contribution is 0.0692. The molecule has 0 aliphatic heterocycles. The number of carboxylic acids is 1. The van der Waals surface area contributed by atoms with Crippen LogP contribution in [0.15, 0.2) is 12.1 Å². The van der Waals surface area contributed by atoms with Crippen LogP contribution in [0.2, 0.25) is 0 Å². The van der Waals surface area contributed by atoms with Gasteiger partial charge in [0.05, 0.1) is 11.3 Å². The Morgan fingerprint density at radius 3 is 2.48 bits per heavy atom. The molecule has 0 saturated heterocycles. The van der Waals surface area contributed by atoms with Crippen LogP contribution in [0.3, 0.4) is 0 Å². The summed E-state index contributed by atoms with van der Waals surface area (Å²) >= 11 is 0. The number of urea groups is 1. The Balaban J connectivity index is 2.80. The van der Waals surface area contributed by atoms with E-state index in [1.165, 1.54) is 4.90 Å². The number of hydrogen-bond acceptors (Lipinski definition) is 2. The lowest BCUT2D eigenvalue weighted by Crippen LogP contribution is -2.32. The molecule has 0 fully saturated rings. The molecule has 2 amide bonds. The summed E-state index contributed by atoms with van der Waals surface area (Å²) in [6, 6.07) is 0.633. The molecule has 0 unspecified atom stereocenters. The van der Waals surface area contributed by atoms with E-state index in [0.29, 0.717) is 12.6 Å². The summed E-state index contributed by atoms with van der Waals surface area (Å²) in [5.41, 5.74) is -1.05. The minimum Gasteiger partial charge on any atom is -0.478 e. The van der Waals surface area contributed by atoms with Crippen molar-refractivity contribution in [2.24, 2.45) is 0 Å². The Hall–Kier alpha value is -2.18. The third-order valence-electron chi connectivity index (χ3n) is 2.97. The van der Waals surface area contributed by atoms with E-state index >= 15 is 0 Å². The average molecular weight is 300 g/mol. The zero-order valence-corrected chi connectivity index (χ0v) is 11.9. The van der Waals surface area contributed by atoms with Gasteiger partial charge in [-0.3, -0.25) is 0 Å². The monoisotopic (exact) mass is 300 g/mol. The van der Waals surface area contributed by atoms with Crippen LogP contribution in [0.4, 0.5) is 19.3 Å². The maximum Gasteiger partial charge on any atom is 0.338 e. The molecule has 0 aliphatic carbocycles. The van der Waals surface area contributed by atoms with Crippen LogP contribution in [0.25, 0.3) is 0 Å². The number of carboxylic acid groups (broad SMARTS) is 1. The van der Waals surface area contributed by atoms with Crippen molar-refractivity contribution in [1.82, 2.24) is 4.90 Å². The number of benzene rings is 1. The second-order valence-corrected chi connectivity index (χ2v) is 4.68. The number of aromatic carboxylic acids is 1. The molecule has 1 aromatic rings. The summed E-state index contributed by atoms with van der Waals surface area (Å²) in [7, 11) is 1.55. The van der Waals surface area contributed by atoms with Gasteiger partial charge in [-0.15, -0.1) is 0 Å². The minimum atomic E-state index is -1.53. The van der Waals surface area contributed by atoms with Crippen LogP contribution in [0.5, 0.6) is 0 Å². The fourth-order valence-corrected chi connectivity index (χ4v) is 1.72. The molecule has 1 rings (SSSR count). The molecule has 0 spiro atoms. The number of amides is 2. The third-order valence-corrected chi connectivity index (χ3v) is 2.97. The maximum absolute atomic E-state index is 13.6. The van der Waals surface area contributed by atoms with E-state index < -0.39 is 29.2 Å². The number of carbonyl (C=O) groups excluding carboxylic acids is 1. The molecule has 21 heavy (non-hydrogen) atoms. The lowest BCUT2D eigenvalue weighted by atomic mass is 10.2. The van der Waals surface area contributed by atoms with E-state index in [1.807, 2.05) is 6.92 Å². The Kier molecular flexibility index (Phi) is 6.08. The summed E-state index contributed by atoms with van der Waals surface area (Å²) in [6.45, 7) is 2.52. The number of unbranched alkanes of at least 4 members (excludes halogenated alkanes) is 2. The summed E-state index contributed by atoms with van der Waals surface area (Å²) < 4.78 is 26.8. The third kappa shape index (κ3) is 4.70. The molecule has 2 N–H and O–H groups in total. The zero-order chi connectivity index (χ0) is 16.0. The number of nitrogens with one attached hydrogen (secondary N) is 1. The smallest absolute Gasteiger partial charge is 0.338 e. The van der Waals surface area contributed by atoms with Crippen molar-refractivity contribution in [3.63, 3.8) is 0 Å². The molecule has 7 heteroatoms. The van der Waals surface area contributed by atoms with Crippen molar-refractivity contribution in [3.8, 4) is 0 Å². The van der Waals surface area contributed by atoms with Crippen LogP contribution >= 0.6 is 0 Å². The molecule has 1 aromatic carbocycles. The molecule has 116 valence electrons. The molecule has 0 aliphatic rings. The van der Waals surface area contributed by atoms with Gasteiger partial charge < -0.3 is 15.3 Å². The standard InChI is InChI=1S/C14H18F2N2O3/c1-3-4-5-6-18(2)14(21)17-12-7-9(13(19)20)10(15)8-11(12)16/h7-8H,3-6H2,1-2H3,(H,17,21)(H,19,20).